The van der Waals surface area contributed by atoms with Crippen molar-refractivity contribution in [3.8, 4) is 0 Å². The topological polar surface area (TPSA) is 70.6 Å². The Morgan fingerprint density at radius 3 is 2.75 bits per heavy atom. The van der Waals surface area contributed by atoms with E-state index < -0.39 is 29.4 Å². The van der Waals surface area contributed by atoms with Gasteiger partial charge in [-0.15, -0.1) is 0 Å². The molecule has 1 aromatic rings. The van der Waals surface area contributed by atoms with Crippen molar-refractivity contribution in [1.29, 1.82) is 0 Å². The molecule has 2 fully saturated rings. The van der Waals surface area contributed by atoms with E-state index >= 15 is 0 Å². The summed E-state index contributed by atoms with van der Waals surface area (Å²) in [6.07, 6.45) is 3.39. The zero-order chi connectivity index (χ0) is 17.2. The van der Waals surface area contributed by atoms with Crippen molar-refractivity contribution in [3.63, 3.8) is 0 Å². The fourth-order valence-corrected chi connectivity index (χ4v) is 3.43. The van der Waals surface area contributed by atoms with Crippen LogP contribution in [0.5, 0.6) is 0 Å². The quantitative estimate of drug-likeness (QED) is 0.788. The van der Waals surface area contributed by atoms with Gasteiger partial charge in [0.05, 0.1) is 11.6 Å². The number of carbonyl (C=O) groups is 1. The number of hydrogen-bond acceptors (Lipinski definition) is 3. The van der Waals surface area contributed by atoms with Gasteiger partial charge in [0, 0.05) is 13.2 Å². The molecule has 2 amide bonds. The predicted octanol–water partition coefficient (Wildman–Crippen LogP) is 2.40. The average Bonchev–Trinajstić information content (AvgIpc) is 3.18. The van der Waals surface area contributed by atoms with E-state index in [1.165, 1.54) is 6.07 Å². The zero-order valence-corrected chi connectivity index (χ0v) is 13.4. The molecule has 0 aromatic heterocycles. The third-order valence-corrected chi connectivity index (χ3v) is 4.79. The lowest BCUT2D eigenvalue weighted by Gasteiger charge is -2.24. The summed E-state index contributed by atoms with van der Waals surface area (Å²) < 4.78 is 32.0. The first-order chi connectivity index (χ1) is 11.5. The molecule has 7 heteroatoms. The predicted molar refractivity (Wildman–Crippen MR) is 83.4 cm³/mol. The van der Waals surface area contributed by atoms with Crippen molar-refractivity contribution in [1.82, 2.24) is 10.6 Å². The molecule has 1 saturated carbocycles. The molecule has 3 rings (SSSR count). The van der Waals surface area contributed by atoms with Crippen LogP contribution in [0.3, 0.4) is 0 Å². The Morgan fingerprint density at radius 1 is 1.29 bits per heavy atom. The minimum Gasteiger partial charge on any atom is -0.388 e. The van der Waals surface area contributed by atoms with Crippen LogP contribution in [0.4, 0.5) is 13.6 Å². The number of hydrogen-bond donors (Lipinski definition) is 3. The molecule has 132 valence electrons. The zero-order valence-electron chi connectivity index (χ0n) is 13.4. The molecule has 2 unspecified atom stereocenters. The monoisotopic (exact) mass is 340 g/mol. The van der Waals surface area contributed by atoms with Crippen molar-refractivity contribution >= 4 is 6.03 Å². The highest BCUT2D eigenvalue weighted by atomic mass is 19.2. The average molecular weight is 340 g/mol. The Kier molecular flexibility index (Phi) is 5.01. The summed E-state index contributed by atoms with van der Waals surface area (Å²) in [6, 6.07) is 2.90. The van der Waals surface area contributed by atoms with Gasteiger partial charge in [0.2, 0.25) is 0 Å². The summed E-state index contributed by atoms with van der Waals surface area (Å²) in [5.74, 6) is -1.85. The van der Waals surface area contributed by atoms with Crippen molar-refractivity contribution < 1.29 is 23.4 Å². The molecule has 24 heavy (non-hydrogen) atoms. The molecule has 5 nitrogen and oxygen atoms in total. The number of carbonyl (C=O) groups excluding carboxylic acids is 1. The number of nitrogens with one attached hydrogen (secondary N) is 2. The van der Waals surface area contributed by atoms with Gasteiger partial charge in [0.1, 0.15) is 6.10 Å². The third kappa shape index (κ3) is 3.84. The molecule has 1 saturated heterocycles. The standard InChI is InChI=1S/C17H22F2N2O3/c18-12-4-3-11(9-13(12)19)15-14(5-8-24-15)21-16(22)20-10-17(23)6-1-2-7-17/h3-4,9,14-15,23H,1-2,5-8,10H2,(H2,20,21,22). The normalized spacial score (nSPS) is 25.6. The van der Waals surface area contributed by atoms with Gasteiger partial charge >= 0.3 is 6.03 Å². The van der Waals surface area contributed by atoms with Crippen LogP contribution in [-0.2, 0) is 4.74 Å². The molecule has 0 bridgehead atoms. The molecule has 0 radical (unpaired) electrons. The summed E-state index contributed by atoms with van der Waals surface area (Å²) in [6.45, 7) is 0.640. The SMILES string of the molecule is O=C(NCC1(O)CCCC1)NC1CCOC1c1ccc(F)c(F)c1. The Balaban J connectivity index is 1.57. The second-order valence-electron chi connectivity index (χ2n) is 6.62. The number of aliphatic hydroxyl groups is 1. The Morgan fingerprint density at radius 2 is 2.04 bits per heavy atom. The number of urea groups is 1. The maximum absolute atomic E-state index is 13.4. The first kappa shape index (κ1) is 17.1. The number of amides is 2. The van der Waals surface area contributed by atoms with Gasteiger partial charge in [0.25, 0.3) is 0 Å². The highest BCUT2D eigenvalue weighted by Gasteiger charge is 2.34. The molecular weight excluding hydrogens is 318 g/mol. The number of halogens is 2. The van der Waals surface area contributed by atoms with Gasteiger partial charge < -0.3 is 20.5 Å². The van der Waals surface area contributed by atoms with E-state index in [4.69, 9.17) is 4.74 Å². The van der Waals surface area contributed by atoms with E-state index in [-0.39, 0.29) is 12.6 Å². The summed E-state index contributed by atoms with van der Waals surface area (Å²) >= 11 is 0. The lowest BCUT2D eigenvalue weighted by molar-refractivity contribution is 0.0497. The molecule has 1 aromatic carbocycles. The summed E-state index contributed by atoms with van der Waals surface area (Å²) in [5, 5.41) is 15.7. The lowest BCUT2D eigenvalue weighted by Crippen LogP contribution is -2.48. The van der Waals surface area contributed by atoms with Gasteiger partial charge in [-0.2, -0.15) is 0 Å². The first-order valence-electron chi connectivity index (χ1n) is 8.30. The van der Waals surface area contributed by atoms with Crippen LogP contribution in [-0.4, -0.2) is 35.9 Å². The molecule has 1 aliphatic carbocycles. The van der Waals surface area contributed by atoms with Crippen molar-refractivity contribution in [2.45, 2.75) is 49.9 Å². The van der Waals surface area contributed by atoms with Crippen LogP contribution in [0.1, 0.15) is 43.8 Å². The third-order valence-electron chi connectivity index (χ3n) is 4.79. The number of rotatable bonds is 4. The molecular formula is C17H22F2N2O3. The van der Waals surface area contributed by atoms with Crippen molar-refractivity contribution in [2.75, 3.05) is 13.2 Å². The maximum atomic E-state index is 13.4. The summed E-state index contributed by atoms with van der Waals surface area (Å²) in [7, 11) is 0. The van der Waals surface area contributed by atoms with Gasteiger partial charge in [-0.3, -0.25) is 0 Å². The minimum absolute atomic E-state index is 0.211. The van der Waals surface area contributed by atoms with Crippen molar-refractivity contribution in [3.05, 3.63) is 35.4 Å². The van der Waals surface area contributed by atoms with Gasteiger partial charge in [-0.25, -0.2) is 13.6 Å². The fraction of sp³-hybridized carbons (Fsp3) is 0.588. The van der Waals surface area contributed by atoms with Crippen LogP contribution < -0.4 is 10.6 Å². The van der Waals surface area contributed by atoms with Crippen LogP contribution in [0.2, 0.25) is 0 Å². The summed E-state index contributed by atoms with van der Waals surface area (Å²) in [5.41, 5.74) is -0.325. The second kappa shape index (κ2) is 7.03. The van der Waals surface area contributed by atoms with Crippen LogP contribution >= 0.6 is 0 Å². The lowest BCUT2D eigenvalue weighted by atomic mass is 10.0. The highest BCUT2D eigenvalue weighted by molar-refractivity contribution is 5.74. The molecule has 2 aliphatic rings. The number of ether oxygens (including phenoxy) is 1. The van der Waals surface area contributed by atoms with Gasteiger partial charge in [-0.05, 0) is 37.0 Å². The highest BCUT2D eigenvalue weighted by Crippen LogP contribution is 2.30. The van der Waals surface area contributed by atoms with Crippen LogP contribution in [0, 0.1) is 11.6 Å². The Labute approximate surface area is 139 Å². The molecule has 1 aliphatic heterocycles. The molecule has 3 N–H and O–H groups in total. The second-order valence-corrected chi connectivity index (χ2v) is 6.62. The smallest absolute Gasteiger partial charge is 0.315 e. The number of benzene rings is 1. The van der Waals surface area contributed by atoms with Gasteiger partial charge in [0.15, 0.2) is 11.6 Å². The van der Waals surface area contributed by atoms with Crippen molar-refractivity contribution in [2.24, 2.45) is 0 Å². The van der Waals surface area contributed by atoms with E-state index in [2.05, 4.69) is 10.6 Å². The Hall–Kier alpha value is -1.73. The summed E-state index contributed by atoms with van der Waals surface area (Å²) in [4.78, 5) is 12.1. The van der Waals surface area contributed by atoms with Crippen LogP contribution in [0.25, 0.3) is 0 Å². The van der Waals surface area contributed by atoms with E-state index in [1.807, 2.05) is 0 Å². The Bertz CT molecular complexity index is 605. The minimum atomic E-state index is -0.936. The molecule has 2 atom stereocenters. The molecule has 0 spiro atoms. The van der Waals surface area contributed by atoms with E-state index in [1.54, 1.807) is 0 Å². The van der Waals surface area contributed by atoms with E-state index in [9.17, 15) is 18.7 Å². The van der Waals surface area contributed by atoms with Crippen LogP contribution in [0.15, 0.2) is 18.2 Å². The first-order valence-corrected chi connectivity index (χ1v) is 8.30. The van der Waals surface area contributed by atoms with E-state index in [0.29, 0.717) is 31.4 Å². The van der Waals surface area contributed by atoms with Gasteiger partial charge in [-0.1, -0.05) is 18.9 Å². The van der Waals surface area contributed by atoms with E-state index in [0.717, 1.165) is 25.0 Å². The maximum Gasteiger partial charge on any atom is 0.315 e. The largest absolute Gasteiger partial charge is 0.388 e. The fourth-order valence-electron chi connectivity index (χ4n) is 3.43. The molecule has 1 heterocycles.